The van der Waals surface area contributed by atoms with Crippen molar-refractivity contribution in [1.29, 1.82) is 0 Å². The zero-order valence-corrected chi connectivity index (χ0v) is 13.0. The number of aliphatic hydroxyl groups excluding tert-OH is 1. The molecule has 3 nitrogen and oxygen atoms in total. The maximum Gasteiger partial charge on any atom is 0.246 e. The van der Waals surface area contributed by atoms with Gasteiger partial charge in [-0.15, -0.1) is 0 Å². The molecule has 3 heteroatoms. The van der Waals surface area contributed by atoms with Crippen molar-refractivity contribution in [3.8, 4) is 0 Å². The lowest BCUT2D eigenvalue weighted by Crippen LogP contribution is -2.45. The smallest absolute Gasteiger partial charge is 0.246 e. The monoisotopic (exact) mass is 307 g/mol. The first kappa shape index (κ1) is 15.5. The van der Waals surface area contributed by atoms with Gasteiger partial charge < -0.3 is 10.0 Å². The fourth-order valence-electron chi connectivity index (χ4n) is 3.06. The van der Waals surface area contributed by atoms with E-state index in [1.54, 1.807) is 11.0 Å². The molecule has 1 fully saturated rings. The van der Waals surface area contributed by atoms with Crippen LogP contribution >= 0.6 is 0 Å². The van der Waals surface area contributed by atoms with Crippen LogP contribution in [-0.2, 0) is 4.79 Å². The highest BCUT2D eigenvalue weighted by Gasteiger charge is 2.30. The van der Waals surface area contributed by atoms with E-state index < -0.39 is 6.10 Å². The van der Waals surface area contributed by atoms with Crippen LogP contribution in [0.3, 0.4) is 0 Å². The first-order chi connectivity index (χ1) is 11.2. The van der Waals surface area contributed by atoms with E-state index in [1.807, 2.05) is 66.7 Å². The minimum absolute atomic E-state index is 0.0422. The third-order valence-corrected chi connectivity index (χ3v) is 4.34. The maximum absolute atomic E-state index is 12.3. The van der Waals surface area contributed by atoms with Gasteiger partial charge in [-0.1, -0.05) is 60.7 Å². The number of benzene rings is 2. The van der Waals surface area contributed by atoms with Crippen molar-refractivity contribution in [3.63, 3.8) is 0 Å². The van der Waals surface area contributed by atoms with E-state index >= 15 is 0 Å². The second kappa shape index (κ2) is 7.25. The molecule has 1 aliphatic heterocycles. The van der Waals surface area contributed by atoms with E-state index in [-0.39, 0.29) is 11.8 Å². The molecule has 0 radical (unpaired) electrons. The lowest BCUT2D eigenvalue weighted by atomic mass is 9.87. The van der Waals surface area contributed by atoms with Gasteiger partial charge in [-0.2, -0.15) is 0 Å². The number of aliphatic hydroxyl groups is 1. The van der Waals surface area contributed by atoms with E-state index in [0.717, 1.165) is 17.5 Å². The van der Waals surface area contributed by atoms with E-state index in [1.165, 1.54) is 0 Å². The molecule has 2 aromatic rings. The maximum atomic E-state index is 12.3. The molecular weight excluding hydrogens is 286 g/mol. The molecule has 1 heterocycles. The first-order valence-electron chi connectivity index (χ1n) is 7.99. The number of likely N-dealkylation sites (tertiary alicyclic amines) is 1. The summed E-state index contributed by atoms with van der Waals surface area (Å²) in [4.78, 5) is 14.0. The van der Waals surface area contributed by atoms with Crippen LogP contribution in [0, 0.1) is 0 Å². The number of piperidine rings is 1. The van der Waals surface area contributed by atoms with Crippen LogP contribution in [0.5, 0.6) is 0 Å². The van der Waals surface area contributed by atoms with Gasteiger partial charge in [-0.3, -0.25) is 4.79 Å². The van der Waals surface area contributed by atoms with E-state index in [0.29, 0.717) is 13.1 Å². The van der Waals surface area contributed by atoms with Gasteiger partial charge >= 0.3 is 0 Å². The Morgan fingerprint density at radius 3 is 2.35 bits per heavy atom. The van der Waals surface area contributed by atoms with Crippen molar-refractivity contribution in [2.75, 3.05) is 13.1 Å². The molecule has 2 aromatic carbocycles. The lowest BCUT2D eigenvalue weighted by Gasteiger charge is -2.35. The fourth-order valence-corrected chi connectivity index (χ4v) is 3.06. The van der Waals surface area contributed by atoms with Crippen LogP contribution in [0.4, 0.5) is 0 Å². The van der Waals surface area contributed by atoms with Crippen molar-refractivity contribution in [2.45, 2.75) is 18.4 Å². The zero-order valence-electron chi connectivity index (χ0n) is 13.0. The Bertz CT molecular complexity index is 667. The zero-order chi connectivity index (χ0) is 16.1. The van der Waals surface area contributed by atoms with Gasteiger partial charge in [0.25, 0.3) is 0 Å². The molecule has 0 aromatic heterocycles. The molecule has 0 spiro atoms. The molecule has 1 N–H and O–H groups in total. The summed E-state index contributed by atoms with van der Waals surface area (Å²) in [5.74, 6) is 0.0674. The number of β-amino-alcohol motifs (C(OH)–C–C–N with tert-alkyl or cyclic N) is 1. The Labute approximate surface area is 136 Å². The molecule has 0 unspecified atom stereocenters. The van der Waals surface area contributed by atoms with Crippen LogP contribution in [0.1, 0.15) is 23.5 Å². The van der Waals surface area contributed by atoms with E-state index in [2.05, 4.69) is 0 Å². The highest BCUT2D eigenvalue weighted by molar-refractivity contribution is 5.91. The van der Waals surface area contributed by atoms with Crippen molar-refractivity contribution >= 4 is 12.0 Å². The van der Waals surface area contributed by atoms with Crippen LogP contribution in [0.15, 0.2) is 66.7 Å². The predicted octanol–water partition coefficient (Wildman–Crippen LogP) is 3.08. The molecule has 118 valence electrons. The number of hydrogen-bond donors (Lipinski definition) is 1. The number of carbonyl (C=O) groups is 1. The van der Waals surface area contributed by atoms with Gasteiger partial charge in [-0.25, -0.2) is 0 Å². The lowest BCUT2D eigenvalue weighted by molar-refractivity contribution is -0.129. The number of amides is 1. The quantitative estimate of drug-likeness (QED) is 0.885. The first-order valence-corrected chi connectivity index (χ1v) is 7.99. The average Bonchev–Trinajstić information content (AvgIpc) is 2.61. The van der Waals surface area contributed by atoms with Crippen molar-refractivity contribution in [1.82, 2.24) is 4.90 Å². The summed E-state index contributed by atoms with van der Waals surface area (Å²) in [5, 5.41) is 10.4. The topological polar surface area (TPSA) is 40.5 Å². The standard InChI is InChI=1S/C20H21NO2/c22-19-15-21(14-13-18(19)17-9-5-2-6-10-17)20(23)12-11-16-7-3-1-4-8-16/h1-12,18-19,22H,13-15H2/b12-11+/t18-,19-/m1/s1. The van der Waals surface area contributed by atoms with Gasteiger partial charge in [0.15, 0.2) is 0 Å². The third-order valence-electron chi connectivity index (χ3n) is 4.34. The molecule has 1 aliphatic rings. The Morgan fingerprint density at radius 2 is 1.70 bits per heavy atom. The van der Waals surface area contributed by atoms with E-state index in [4.69, 9.17) is 0 Å². The van der Waals surface area contributed by atoms with Crippen molar-refractivity contribution < 1.29 is 9.90 Å². The van der Waals surface area contributed by atoms with E-state index in [9.17, 15) is 9.90 Å². The number of hydrogen-bond acceptors (Lipinski definition) is 2. The summed E-state index contributed by atoms with van der Waals surface area (Å²) < 4.78 is 0. The molecule has 2 atom stereocenters. The van der Waals surface area contributed by atoms with Gasteiger partial charge in [0.2, 0.25) is 5.91 Å². The van der Waals surface area contributed by atoms with Crippen LogP contribution in [-0.4, -0.2) is 35.1 Å². The number of nitrogens with zero attached hydrogens (tertiary/aromatic N) is 1. The van der Waals surface area contributed by atoms with Gasteiger partial charge in [-0.05, 0) is 23.6 Å². The summed E-state index contributed by atoms with van der Waals surface area (Å²) in [6, 6.07) is 19.8. The second-order valence-corrected chi connectivity index (χ2v) is 5.90. The normalized spacial score (nSPS) is 21.5. The van der Waals surface area contributed by atoms with Gasteiger partial charge in [0, 0.05) is 25.1 Å². The van der Waals surface area contributed by atoms with Crippen LogP contribution < -0.4 is 0 Å². The third kappa shape index (κ3) is 3.88. The summed E-state index contributed by atoms with van der Waals surface area (Å²) in [6.45, 7) is 1.06. The highest BCUT2D eigenvalue weighted by atomic mass is 16.3. The molecule has 0 saturated carbocycles. The molecule has 3 rings (SSSR count). The minimum atomic E-state index is -0.514. The van der Waals surface area contributed by atoms with Crippen molar-refractivity contribution in [3.05, 3.63) is 77.9 Å². The van der Waals surface area contributed by atoms with Gasteiger partial charge in [0.1, 0.15) is 0 Å². The number of rotatable bonds is 3. The molecule has 1 saturated heterocycles. The Kier molecular flexibility index (Phi) is 4.89. The highest BCUT2D eigenvalue weighted by Crippen LogP contribution is 2.28. The molecule has 23 heavy (non-hydrogen) atoms. The summed E-state index contributed by atoms with van der Waals surface area (Å²) in [7, 11) is 0. The molecular formula is C20H21NO2. The van der Waals surface area contributed by atoms with Crippen LogP contribution in [0.25, 0.3) is 6.08 Å². The molecule has 1 amide bonds. The summed E-state index contributed by atoms with van der Waals surface area (Å²) in [5.41, 5.74) is 2.15. The largest absolute Gasteiger partial charge is 0.391 e. The fraction of sp³-hybridized carbons (Fsp3) is 0.250. The van der Waals surface area contributed by atoms with Gasteiger partial charge in [0.05, 0.1) is 6.10 Å². The van der Waals surface area contributed by atoms with Crippen LogP contribution in [0.2, 0.25) is 0 Å². The predicted molar refractivity (Wildman–Crippen MR) is 91.9 cm³/mol. The molecule has 0 bridgehead atoms. The Balaban J connectivity index is 1.61. The second-order valence-electron chi connectivity index (χ2n) is 5.90. The summed E-state index contributed by atoms with van der Waals surface area (Å²) in [6.07, 6.45) is 3.68. The summed E-state index contributed by atoms with van der Waals surface area (Å²) >= 11 is 0. The number of carbonyl (C=O) groups excluding carboxylic acids is 1. The minimum Gasteiger partial charge on any atom is -0.391 e. The van der Waals surface area contributed by atoms with Crippen molar-refractivity contribution in [2.24, 2.45) is 0 Å². The average molecular weight is 307 g/mol. The molecule has 0 aliphatic carbocycles. The SMILES string of the molecule is O=C(/C=C/c1ccccc1)N1CC[C@H](c2ccccc2)[C@H](O)C1. The Hall–Kier alpha value is -2.39. The Morgan fingerprint density at radius 1 is 1.04 bits per heavy atom.